The smallest absolute Gasteiger partial charge is 0.311 e. The molecule has 1 amide bonds. The molecule has 0 atom stereocenters. The Kier molecular flexibility index (Phi) is 7.05. The molecule has 27 heavy (non-hydrogen) atoms. The van der Waals surface area contributed by atoms with Gasteiger partial charge in [0.25, 0.3) is 0 Å². The fourth-order valence-corrected chi connectivity index (χ4v) is 2.53. The molecule has 0 heterocycles. The van der Waals surface area contributed by atoms with Crippen LogP contribution in [0.1, 0.15) is 35.6 Å². The summed E-state index contributed by atoms with van der Waals surface area (Å²) in [5.74, 6) is -0.0338. The molecule has 2 aromatic carbocycles. The molecule has 1 N–H and O–H groups in total. The number of hydrazone groups is 1. The van der Waals surface area contributed by atoms with E-state index in [0.717, 1.165) is 23.1 Å². The van der Waals surface area contributed by atoms with Crippen molar-refractivity contribution in [3.63, 3.8) is 0 Å². The normalized spacial score (nSPS) is 10.8. The minimum atomic E-state index is -0.499. The number of hydrogen-bond donors (Lipinski definition) is 1. The van der Waals surface area contributed by atoms with Crippen molar-refractivity contribution in [2.75, 3.05) is 6.61 Å². The first-order chi connectivity index (χ1) is 12.9. The summed E-state index contributed by atoms with van der Waals surface area (Å²) in [5, 5.41) is 15.1. The Morgan fingerprint density at radius 2 is 2.04 bits per heavy atom. The number of hydrogen-bond acceptors (Lipinski definition) is 5. The topological polar surface area (TPSA) is 93.8 Å². The third-order valence-corrected chi connectivity index (χ3v) is 3.89. The number of nitro groups is 1. The van der Waals surface area contributed by atoms with E-state index in [-0.39, 0.29) is 23.8 Å². The van der Waals surface area contributed by atoms with Crippen molar-refractivity contribution in [1.29, 1.82) is 0 Å². The molecule has 0 fully saturated rings. The molecule has 0 aliphatic heterocycles. The van der Waals surface area contributed by atoms with E-state index in [2.05, 4.69) is 10.5 Å². The maximum atomic E-state index is 12.0. The van der Waals surface area contributed by atoms with Gasteiger partial charge in [-0.25, -0.2) is 5.43 Å². The lowest BCUT2D eigenvalue weighted by molar-refractivity contribution is -0.385. The van der Waals surface area contributed by atoms with Gasteiger partial charge >= 0.3 is 5.69 Å². The van der Waals surface area contributed by atoms with Crippen LogP contribution in [0.2, 0.25) is 0 Å². The Morgan fingerprint density at radius 3 is 2.70 bits per heavy atom. The van der Waals surface area contributed by atoms with E-state index in [1.54, 1.807) is 6.07 Å². The van der Waals surface area contributed by atoms with Crippen molar-refractivity contribution in [3.8, 4) is 5.75 Å². The largest absolute Gasteiger partial charge is 0.487 e. The summed E-state index contributed by atoms with van der Waals surface area (Å²) in [7, 11) is 0. The van der Waals surface area contributed by atoms with Crippen LogP contribution in [0, 0.1) is 24.0 Å². The van der Waals surface area contributed by atoms with Gasteiger partial charge in [-0.3, -0.25) is 14.9 Å². The predicted molar refractivity (Wildman–Crippen MR) is 104 cm³/mol. The molecule has 0 aliphatic rings. The number of nitrogens with zero attached hydrogens (tertiary/aromatic N) is 2. The molecule has 0 spiro atoms. The van der Waals surface area contributed by atoms with Crippen molar-refractivity contribution < 1.29 is 14.5 Å². The molecule has 2 aromatic rings. The summed E-state index contributed by atoms with van der Waals surface area (Å²) >= 11 is 0. The number of amides is 1. The number of rotatable bonds is 8. The van der Waals surface area contributed by atoms with E-state index >= 15 is 0 Å². The molecule has 142 valence electrons. The van der Waals surface area contributed by atoms with E-state index in [1.165, 1.54) is 18.3 Å². The van der Waals surface area contributed by atoms with Crippen LogP contribution in [0.25, 0.3) is 0 Å². The second-order valence-corrected chi connectivity index (χ2v) is 6.23. The van der Waals surface area contributed by atoms with Gasteiger partial charge in [-0.15, -0.1) is 0 Å². The van der Waals surface area contributed by atoms with Gasteiger partial charge in [0.05, 0.1) is 24.2 Å². The summed E-state index contributed by atoms with van der Waals surface area (Å²) in [6, 6.07) is 10.5. The van der Waals surface area contributed by atoms with Crippen LogP contribution in [0.3, 0.4) is 0 Å². The Balaban J connectivity index is 2.01. The Labute approximate surface area is 158 Å². The van der Waals surface area contributed by atoms with Crippen LogP contribution in [-0.2, 0) is 11.2 Å². The zero-order valence-corrected chi connectivity index (χ0v) is 15.7. The van der Waals surface area contributed by atoms with Crippen molar-refractivity contribution in [1.82, 2.24) is 5.43 Å². The van der Waals surface area contributed by atoms with E-state index in [9.17, 15) is 14.9 Å². The van der Waals surface area contributed by atoms with Gasteiger partial charge in [-0.1, -0.05) is 30.7 Å². The predicted octanol–water partition coefficient (Wildman–Crippen LogP) is 3.69. The van der Waals surface area contributed by atoms with E-state index in [4.69, 9.17) is 4.74 Å². The lowest BCUT2D eigenvalue weighted by Crippen LogP contribution is -2.20. The van der Waals surface area contributed by atoms with Crippen molar-refractivity contribution in [2.24, 2.45) is 5.10 Å². The average molecular weight is 369 g/mol. The number of ether oxygens (including phenoxy) is 1. The second-order valence-electron chi connectivity index (χ2n) is 6.23. The zero-order valence-electron chi connectivity index (χ0n) is 15.7. The molecule has 0 radical (unpaired) electrons. The fourth-order valence-electron chi connectivity index (χ4n) is 2.53. The number of benzene rings is 2. The number of nitrogens with one attached hydrogen (secondary N) is 1. The molecule has 7 nitrogen and oxygen atoms in total. The fraction of sp³-hybridized carbons (Fsp3) is 0.300. The van der Waals surface area contributed by atoms with Crippen LogP contribution in [0.4, 0.5) is 5.69 Å². The van der Waals surface area contributed by atoms with Crippen molar-refractivity contribution in [2.45, 2.75) is 33.6 Å². The van der Waals surface area contributed by atoms with Crippen LogP contribution >= 0.6 is 0 Å². The van der Waals surface area contributed by atoms with E-state index in [1.807, 2.05) is 39.0 Å². The van der Waals surface area contributed by atoms with E-state index in [0.29, 0.717) is 12.2 Å². The van der Waals surface area contributed by atoms with Crippen LogP contribution in [-0.4, -0.2) is 23.7 Å². The lowest BCUT2D eigenvalue weighted by Gasteiger charge is -2.06. The maximum absolute atomic E-state index is 12.0. The molecule has 7 heteroatoms. The van der Waals surface area contributed by atoms with Gasteiger partial charge < -0.3 is 4.74 Å². The third-order valence-electron chi connectivity index (χ3n) is 3.89. The van der Waals surface area contributed by atoms with Gasteiger partial charge in [-0.2, -0.15) is 5.10 Å². The van der Waals surface area contributed by atoms with Crippen molar-refractivity contribution >= 4 is 17.8 Å². The van der Waals surface area contributed by atoms with Gasteiger partial charge in [0, 0.05) is 11.6 Å². The summed E-state index contributed by atoms with van der Waals surface area (Å²) < 4.78 is 5.38. The minimum Gasteiger partial charge on any atom is -0.487 e. The highest BCUT2D eigenvalue weighted by Crippen LogP contribution is 2.27. The molecule has 0 saturated carbocycles. The average Bonchev–Trinajstić information content (AvgIpc) is 2.62. The van der Waals surface area contributed by atoms with Gasteiger partial charge in [0.1, 0.15) is 0 Å². The molecule has 2 rings (SSSR count). The highest BCUT2D eigenvalue weighted by atomic mass is 16.6. The Bertz CT molecular complexity index is 862. The number of nitro benzene ring substituents is 1. The molecule has 0 aromatic heterocycles. The highest BCUT2D eigenvalue weighted by molar-refractivity contribution is 5.84. The van der Waals surface area contributed by atoms with E-state index < -0.39 is 4.92 Å². The third kappa shape index (κ3) is 5.91. The first-order valence-electron chi connectivity index (χ1n) is 8.70. The molecule has 0 bridgehead atoms. The summed E-state index contributed by atoms with van der Waals surface area (Å²) in [6.45, 7) is 6.29. The lowest BCUT2D eigenvalue weighted by atomic mass is 10.0. The minimum absolute atomic E-state index is 0.131. The Hall–Kier alpha value is -3.22. The first kappa shape index (κ1) is 20.1. The SMILES string of the molecule is CCCOc1ccc(/C=N/NC(=O)Cc2ccc(C)cc2C)cc1[N+](=O)[O-]. The summed E-state index contributed by atoms with van der Waals surface area (Å²) in [6.07, 6.45) is 2.34. The van der Waals surface area contributed by atoms with Gasteiger partial charge in [-0.05, 0) is 43.5 Å². The van der Waals surface area contributed by atoms with Crippen LogP contribution in [0.5, 0.6) is 5.75 Å². The number of carbonyl (C=O) groups is 1. The first-order valence-corrected chi connectivity index (χ1v) is 8.70. The summed E-state index contributed by atoms with van der Waals surface area (Å²) in [4.78, 5) is 22.7. The maximum Gasteiger partial charge on any atom is 0.311 e. The highest BCUT2D eigenvalue weighted by Gasteiger charge is 2.15. The monoisotopic (exact) mass is 369 g/mol. The molecule has 0 saturated heterocycles. The molecular formula is C20H23N3O4. The van der Waals surface area contributed by atoms with Crippen molar-refractivity contribution in [3.05, 3.63) is 68.8 Å². The Morgan fingerprint density at radius 1 is 1.26 bits per heavy atom. The second kappa shape index (κ2) is 9.47. The molecule has 0 unspecified atom stereocenters. The van der Waals surface area contributed by atoms with Crippen LogP contribution < -0.4 is 10.2 Å². The zero-order chi connectivity index (χ0) is 19.8. The van der Waals surface area contributed by atoms with Gasteiger partial charge in [0.2, 0.25) is 5.91 Å². The molecular weight excluding hydrogens is 346 g/mol. The van der Waals surface area contributed by atoms with Gasteiger partial charge in [0.15, 0.2) is 5.75 Å². The number of carbonyl (C=O) groups excluding carboxylic acids is 1. The standard InChI is InChI=1S/C20H23N3O4/c1-4-9-27-19-8-6-16(11-18(19)23(25)26)13-21-22-20(24)12-17-7-5-14(2)10-15(17)3/h5-8,10-11,13H,4,9,12H2,1-3H3,(H,22,24)/b21-13+. The molecule has 0 aliphatic carbocycles. The van der Waals surface area contributed by atoms with Crippen LogP contribution in [0.15, 0.2) is 41.5 Å². The summed E-state index contributed by atoms with van der Waals surface area (Å²) in [5.41, 5.74) is 5.94. The quantitative estimate of drug-likeness (QED) is 0.436. The number of aryl methyl sites for hydroxylation is 2.